The van der Waals surface area contributed by atoms with Crippen LogP contribution in [0.1, 0.15) is 13.3 Å². The van der Waals surface area contributed by atoms with Crippen LogP contribution in [0.15, 0.2) is 0 Å². The van der Waals surface area contributed by atoms with E-state index in [9.17, 15) is 5.11 Å². The van der Waals surface area contributed by atoms with Crippen molar-refractivity contribution in [2.24, 2.45) is 5.41 Å². The minimum absolute atomic E-state index is 0.00139. The standard InChI is InChI=1S/C11H21NO3/c1-10-2-4-14-5-3-12(10)6-11(7-13)8-15-9-11/h10,13H,2-9H2,1H3. The Labute approximate surface area is 91.2 Å². The van der Waals surface area contributed by atoms with Crippen LogP contribution < -0.4 is 0 Å². The first-order valence-corrected chi connectivity index (χ1v) is 5.76. The normalized spacial score (nSPS) is 32.0. The third-order valence-corrected chi connectivity index (χ3v) is 3.52. The van der Waals surface area contributed by atoms with Gasteiger partial charge in [0.15, 0.2) is 0 Å². The third-order valence-electron chi connectivity index (χ3n) is 3.52. The topological polar surface area (TPSA) is 41.9 Å². The van der Waals surface area contributed by atoms with Crippen LogP contribution >= 0.6 is 0 Å². The molecule has 4 heteroatoms. The molecule has 1 atom stereocenters. The van der Waals surface area contributed by atoms with Gasteiger partial charge in [-0.2, -0.15) is 0 Å². The van der Waals surface area contributed by atoms with Gasteiger partial charge in [-0.3, -0.25) is 4.90 Å². The van der Waals surface area contributed by atoms with Gasteiger partial charge in [-0.1, -0.05) is 0 Å². The fourth-order valence-electron chi connectivity index (χ4n) is 2.23. The number of aliphatic hydroxyl groups is 1. The van der Waals surface area contributed by atoms with Crippen LogP contribution in [0, 0.1) is 5.41 Å². The molecule has 4 nitrogen and oxygen atoms in total. The average molecular weight is 215 g/mol. The second-order valence-electron chi connectivity index (χ2n) is 4.87. The minimum Gasteiger partial charge on any atom is -0.396 e. The molecule has 0 radical (unpaired) electrons. The van der Waals surface area contributed by atoms with Crippen LogP contribution in [-0.4, -0.2) is 62.2 Å². The van der Waals surface area contributed by atoms with Crippen molar-refractivity contribution >= 4 is 0 Å². The lowest BCUT2D eigenvalue weighted by Gasteiger charge is -2.44. The van der Waals surface area contributed by atoms with E-state index in [4.69, 9.17) is 9.47 Å². The maximum absolute atomic E-state index is 9.39. The van der Waals surface area contributed by atoms with E-state index in [1.54, 1.807) is 0 Å². The molecule has 0 saturated carbocycles. The zero-order valence-electron chi connectivity index (χ0n) is 9.45. The molecule has 88 valence electrons. The Morgan fingerprint density at radius 3 is 2.73 bits per heavy atom. The van der Waals surface area contributed by atoms with Crippen LogP contribution in [0.2, 0.25) is 0 Å². The molecule has 0 aliphatic carbocycles. The Morgan fingerprint density at radius 2 is 2.13 bits per heavy atom. The van der Waals surface area contributed by atoms with Gasteiger partial charge in [-0.25, -0.2) is 0 Å². The molecule has 2 saturated heterocycles. The van der Waals surface area contributed by atoms with Gasteiger partial charge in [0.1, 0.15) is 0 Å². The maximum Gasteiger partial charge on any atom is 0.0593 e. The highest BCUT2D eigenvalue weighted by Crippen LogP contribution is 2.29. The van der Waals surface area contributed by atoms with Crippen LogP contribution in [-0.2, 0) is 9.47 Å². The molecule has 0 spiro atoms. The summed E-state index contributed by atoms with van der Waals surface area (Å²) >= 11 is 0. The molecule has 0 aromatic carbocycles. The van der Waals surface area contributed by atoms with E-state index in [0.29, 0.717) is 19.3 Å². The zero-order valence-corrected chi connectivity index (χ0v) is 9.45. The lowest BCUT2D eigenvalue weighted by atomic mass is 9.86. The zero-order chi connectivity index (χ0) is 10.7. The predicted molar refractivity (Wildman–Crippen MR) is 56.8 cm³/mol. The minimum atomic E-state index is -0.00139. The SMILES string of the molecule is CC1CCOCCN1CC1(CO)COC1. The van der Waals surface area contributed by atoms with Crippen LogP contribution in [0.25, 0.3) is 0 Å². The number of aliphatic hydroxyl groups excluding tert-OH is 1. The largest absolute Gasteiger partial charge is 0.396 e. The Hall–Kier alpha value is -0.160. The summed E-state index contributed by atoms with van der Waals surface area (Å²) in [5.41, 5.74) is -0.00139. The summed E-state index contributed by atoms with van der Waals surface area (Å²) in [6.45, 7) is 7.46. The number of ether oxygens (including phenoxy) is 2. The Morgan fingerprint density at radius 1 is 1.33 bits per heavy atom. The highest BCUT2D eigenvalue weighted by molar-refractivity contribution is 4.89. The van der Waals surface area contributed by atoms with Gasteiger partial charge < -0.3 is 14.6 Å². The molecule has 0 amide bonds. The molecule has 2 aliphatic heterocycles. The van der Waals surface area contributed by atoms with Gasteiger partial charge in [0.05, 0.1) is 31.8 Å². The molecular weight excluding hydrogens is 194 g/mol. The van der Waals surface area contributed by atoms with Crippen molar-refractivity contribution in [3.8, 4) is 0 Å². The van der Waals surface area contributed by atoms with Crippen LogP contribution in [0.4, 0.5) is 0 Å². The molecule has 0 aromatic heterocycles. The van der Waals surface area contributed by atoms with E-state index in [1.165, 1.54) is 0 Å². The summed E-state index contributed by atoms with van der Waals surface area (Å²) in [5, 5.41) is 9.39. The Kier molecular flexibility index (Phi) is 3.61. The molecule has 2 fully saturated rings. The van der Waals surface area contributed by atoms with Crippen molar-refractivity contribution < 1.29 is 14.6 Å². The Balaban J connectivity index is 1.90. The molecule has 1 unspecified atom stereocenters. The van der Waals surface area contributed by atoms with E-state index in [1.807, 2.05) is 0 Å². The van der Waals surface area contributed by atoms with Gasteiger partial charge in [-0.05, 0) is 13.3 Å². The highest BCUT2D eigenvalue weighted by Gasteiger charge is 2.40. The second-order valence-corrected chi connectivity index (χ2v) is 4.87. The molecule has 0 aromatic rings. The predicted octanol–water partition coefficient (Wildman–Crippen LogP) is 0.106. The van der Waals surface area contributed by atoms with Crippen LogP contribution in [0.3, 0.4) is 0 Å². The van der Waals surface area contributed by atoms with Crippen molar-refractivity contribution in [3.63, 3.8) is 0 Å². The van der Waals surface area contributed by atoms with Gasteiger partial charge in [0, 0.05) is 25.7 Å². The van der Waals surface area contributed by atoms with E-state index in [2.05, 4.69) is 11.8 Å². The highest BCUT2D eigenvalue weighted by atomic mass is 16.5. The summed E-state index contributed by atoms with van der Waals surface area (Å²) in [6.07, 6.45) is 1.09. The summed E-state index contributed by atoms with van der Waals surface area (Å²) in [5.74, 6) is 0. The average Bonchev–Trinajstić information content (AvgIpc) is 2.37. The lowest BCUT2D eigenvalue weighted by molar-refractivity contribution is -0.151. The monoisotopic (exact) mass is 215 g/mol. The third kappa shape index (κ3) is 2.50. The van der Waals surface area contributed by atoms with Gasteiger partial charge in [-0.15, -0.1) is 0 Å². The van der Waals surface area contributed by atoms with E-state index in [-0.39, 0.29) is 12.0 Å². The van der Waals surface area contributed by atoms with Gasteiger partial charge in [0.2, 0.25) is 0 Å². The fourth-order valence-corrected chi connectivity index (χ4v) is 2.23. The lowest BCUT2D eigenvalue weighted by Crippen LogP contribution is -2.55. The quantitative estimate of drug-likeness (QED) is 0.725. The van der Waals surface area contributed by atoms with E-state index in [0.717, 1.165) is 32.7 Å². The first-order valence-electron chi connectivity index (χ1n) is 5.76. The molecule has 1 N–H and O–H groups in total. The number of nitrogens with zero attached hydrogens (tertiary/aromatic N) is 1. The second kappa shape index (κ2) is 4.78. The molecule has 2 heterocycles. The smallest absolute Gasteiger partial charge is 0.0593 e. The Bertz CT molecular complexity index is 200. The molecule has 2 rings (SSSR count). The maximum atomic E-state index is 9.39. The van der Waals surface area contributed by atoms with E-state index < -0.39 is 0 Å². The van der Waals surface area contributed by atoms with Crippen molar-refractivity contribution in [1.82, 2.24) is 4.90 Å². The van der Waals surface area contributed by atoms with Crippen molar-refractivity contribution in [2.75, 3.05) is 46.1 Å². The van der Waals surface area contributed by atoms with Crippen molar-refractivity contribution in [3.05, 3.63) is 0 Å². The first-order chi connectivity index (χ1) is 7.26. The van der Waals surface area contributed by atoms with E-state index >= 15 is 0 Å². The van der Waals surface area contributed by atoms with Gasteiger partial charge >= 0.3 is 0 Å². The molecule has 15 heavy (non-hydrogen) atoms. The van der Waals surface area contributed by atoms with Crippen molar-refractivity contribution in [2.45, 2.75) is 19.4 Å². The summed E-state index contributed by atoms with van der Waals surface area (Å²) < 4.78 is 10.7. The van der Waals surface area contributed by atoms with Crippen LogP contribution in [0.5, 0.6) is 0 Å². The number of rotatable bonds is 3. The summed E-state index contributed by atoms with van der Waals surface area (Å²) in [7, 11) is 0. The molecule has 2 aliphatic rings. The summed E-state index contributed by atoms with van der Waals surface area (Å²) in [4.78, 5) is 2.42. The first kappa shape index (κ1) is 11.3. The summed E-state index contributed by atoms with van der Waals surface area (Å²) in [6, 6.07) is 0.552. The van der Waals surface area contributed by atoms with Gasteiger partial charge in [0.25, 0.3) is 0 Å². The number of hydrogen-bond donors (Lipinski definition) is 1. The van der Waals surface area contributed by atoms with Crippen molar-refractivity contribution in [1.29, 1.82) is 0 Å². The number of hydrogen-bond acceptors (Lipinski definition) is 4. The molecular formula is C11H21NO3. The molecule has 0 bridgehead atoms. The fraction of sp³-hybridized carbons (Fsp3) is 1.00.